The molecule has 3 heterocycles. The standard InChI is InChI=1S/C23H26N6OS/c1-13(2)11-29(3)23(30)14-4-6-17-19(9-14)31-22-20(17)21(24-12-25-22)27-16-5-7-18-15(8-16)10-26-28-18/h5,7-8,10,12-14H,4,6,9,11H2,1-3H3,(H,26,28)(H,24,25,27)/t14-/m0/s1. The van der Waals surface area contributed by atoms with E-state index in [0.717, 1.165) is 58.4 Å². The Kier molecular flexibility index (Phi) is 5.09. The van der Waals surface area contributed by atoms with E-state index >= 15 is 0 Å². The first-order valence-corrected chi connectivity index (χ1v) is 11.5. The van der Waals surface area contributed by atoms with Gasteiger partial charge in [0, 0.05) is 35.5 Å². The molecule has 0 fully saturated rings. The monoisotopic (exact) mass is 434 g/mol. The van der Waals surface area contributed by atoms with Crippen LogP contribution in [-0.2, 0) is 17.6 Å². The number of hydrogen-bond acceptors (Lipinski definition) is 6. The van der Waals surface area contributed by atoms with Crippen molar-refractivity contribution in [2.75, 3.05) is 18.9 Å². The lowest BCUT2D eigenvalue weighted by Gasteiger charge is -2.27. The van der Waals surface area contributed by atoms with Gasteiger partial charge in [0.15, 0.2) is 0 Å². The summed E-state index contributed by atoms with van der Waals surface area (Å²) in [7, 11) is 1.92. The molecule has 160 valence electrons. The Labute approximate surface area is 184 Å². The summed E-state index contributed by atoms with van der Waals surface area (Å²) in [5, 5.41) is 12.7. The zero-order valence-electron chi connectivity index (χ0n) is 18.0. The number of carbonyl (C=O) groups excluding carboxylic acids is 1. The molecule has 0 radical (unpaired) electrons. The van der Waals surface area contributed by atoms with Gasteiger partial charge in [-0.15, -0.1) is 11.3 Å². The van der Waals surface area contributed by atoms with Gasteiger partial charge in [-0.25, -0.2) is 9.97 Å². The molecule has 0 spiro atoms. The Hall–Kier alpha value is -3.00. The fourth-order valence-corrected chi connectivity index (χ4v) is 5.79. The fourth-order valence-electron chi connectivity index (χ4n) is 4.52. The predicted molar refractivity (Wildman–Crippen MR) is 125 cm³/mol. The molecular weight excluding hydrogens is 408 g/mol. The first-order valence-electron chi connectivity index (χ1n) is 10.7. The van der Waals surface area contributed by atoms with Crippen molar-refractivity contribution < 1.29 is 4.79 Å². The molecule has 1 atom stereocenters. The van der Waals surface area contributed by atoms with E-state index in [9.17, 15) is 4.79 Å². The summed E-state index contributed by atoms with van der Waals surface area (Å²) in [6, 6.07) is 6.09. The summed E-state index contributed by atoms with van der Waals surface area (Å²) >= 11 is 1.70. The number of anilines is 2. The largest absolute Gasteiger partial charge is 0.345 e. The molecule has 0 aliphatic heterocycles. The Morgan fingerprint density at radius 1 is 1.35 bits per heavy atom. The molecule has 4 aromatic rings. The van der Waals surface area contributed by atoms with Crippen LogP contribution in [0.1, 0.15) is 30.7 Å². The molecule has 1 amide bonds. The average molecular weight is 435 g/mol. The predicted octanol–water partition coefficient (Wildman–Crippen LogP) is 4.53. The van der Waals surface area contributed by atoms with Crippen LogP contribution in [0, 0.1) is 11.8 Å². The Bertz CT molecular complexity index is 1260. The van der Waals surface area contributed by atoms with Gasteiger partial charge in [0.05, 0.1) is 17.1 Å². The smallest absolute Gasteiger partial charge is 0.225 e. The van der Waals surface area contributed by atoms with Crippen LogP contribution in [0.4, 0.5) is 11.5 Å². The number of hydrogen-bond donors (Lipinski definition) is 2. The van der Waals surface area contributed by atoms with E-state index < -0.39 is 0 Å². The van der Waals surface area contributed by atoms with Gasteiger partial charge in [-0.1, -0.05) is 13.8 Å². The van der Waals surface area contributed by atoms with E-state index in [1.165, 1.54) is 10.4 Å². The van der Waals surface area contributed by atoms with E-state index in [2.05, 4.69) is 45.4 Å². The lowest BCUT2D eigenvalue weighted by molar-refractivity contribution is -0.135. The maximum Gasteiger partial charge on any atom is 0.225 e. The van der Waals surface area contributed by atoms with Crippen LogP contribution in [0.3, 0.4) is 0 Å². The van der Waals surface area contributed by atoms with E-state index in [1.807, 2.05) is 30.3 Å². The molecule has 1 aliphatic carbocycles. The molecule has 0 saturated carbocycles. The lowest BCUT2D eigenvalue weighted by Crippen LogP contribution is -2.37. The van der Waals surface area contributed by atoms with Crippen LogP contribution in [0.15, 0.2) is 30.7 Å². The minimum Gasteiger partial charge on any atom is -0.345 e. The van der Waals surface area contributed by atoms with Crippen LogP contribution >= 0.6 is 11.3 Å². The van der Waals surface area contributed by atoms with E-state index in [-0.39, 0.29) is 11.8 Å². The second-order valence-corrected chi connectivity index (χ2v) is 9.84. The zero-order valence-corrected chi connectivity index (χ0v) is 18.8. The van der Waals surface area contributed by atoms with E-state index in [0.29, 0.717) is 5.92 Å². The zero-order chi connectivity index (χ0) is 21.5. The molecule has 1 aliphatic rings. The fraction of sp³-hybridized carbons (Fsp3) is 0.391. The first-order chi connectivity index (χ1) is 15.0. The van der Waals surface area contributed by atoms with Gasteiger partial charge >= 0.3 is 0 Å². The summed E-state index contributed by atoms with van der Waals surface area (Å²) in [5.74, 6) is 1.61. The number of aromatic nitrogens is 4. The number of benzene rings is 1. The van der Waals surface area contributed by atoms with Crippen molar-refractivity contribution in [2.45, 2.75) is 33.1 Å². The topological polar surface area (TPSA) is 86.8 Å². The van der Waals surface area contributed by atoms with Gasteiger partial charge in [-0.05, 0) is 48.9 Å². The number of nitrogens with zero attached hydrogens (tertiary/aromatic N) is 4. The van der Waals surface area contributed by atoms with Crippen LogP contribution in [-0.4, -0.2) is 44.6 Å². The Morgan fingerprint density at radius 2 is 2.23 bits per heavy atom. The molecule has 7 nitrogen and oxygen atoms in total. The molecule has 0 saturated heterocycles. The Balaban J connectivity index is 1.43. The summed E-state index contributed by atoms with van der Waals surface area (Å²) in [6.07, 6.45) is 5.97. The number of aryl methyl sites for hydroxylation is 1. The minimum atomic E-state index is 0.0529. The van der Waals surface area contributed by atoms with Gasteiger partial charge < -0.3 is 10.2 Å². The molecule has 2 N–H and O–H groups in total. The number of rotatable bonds is 5. The third-order valence-electron chi connectivity index (χ3n) is 5.91. The summed E-state index contributed by atoms with van der Waals surface area (Å²) in [6.45, 7) is 5.09. The van der Waals surface area contributed by atoms with Crippen molar-refractivity contribution in [3.8, 4) is 0 Å². The van der Waals surface area contributed by atoms with Crippen LogP contribution in [0.5, 0.6) is 0 Å². The van der Waals surface area contributed by atoms with Gasteiger partial charge in [0.25, 0.3) is 0 Å². The van der Waals surface area contributed by atoms with Crippen molar-refractivity contribution in [3.05, 3.63) is 41.2 Å². The highest BCUT2D eigenvalue weighted by molar-refractivity contribution is 7.19. The molecule has 1 aromatic carbocycles. The molecule has 5 rings (SSSR count). The van der Waals surface area contributed by atoms with Crippen LogP contribution in [0.2, 0.25) is 0 Å². The normalized spacial score (nSPS) is 16.1. The third kappa shape index (κ3) is 3.76. The summed E-state index contributed by atoms with van der Waals surface area (Å²) in [5.41, 5.74) is 3.26. The first kappa shape index (κ1) is 19.9. The van der Waals surface area contributed by atoms with Gasteiger partial charge in [-0.3, -0.25) is 9.89 Å². The van der Waals surface area contributed by atoms with E-state index in [1.54, 1.807) is 17.7 Å². The van der Waals surface area contributed by atoms with Gasteiger partial charge in [0.1, 0.15) is 17.0 Å². The minimum absolute atomic E-state index is 0.0529. The second kappa shape index (κ2) is 7.92. The molecular formula is C23H26N6OS. The van der Waals surface area contributed by atoms with Crippen molar-refractivity contribution in [1.29, 1.82) is 0 Å². The van der Waals surface area contributed by atoms with Gasteiger partial charge in [-0.2, -0.15) is 5.10 Å². The number of thiophene rings is 1. The van der Waals surface area contributed by atoms with Crippen molar-refractivity contribution in [3.63, 3.8) is 0 Å². The van der Waals surface area contributed by atoms with E-state index in [4.69, 9.17) is 0 Å². The number of carbonyl (C=O) groups is 1. The number of amides is 1. The molecule has 0 unspecified atom stereocenters. The van der Waals surface area contributed by atoms with Crippen LogP contribution < -0.4 is 5.32 Å². The third-order valence-corrected chi connectivity index (χ3v) is 7.08. The average Bonchev–Trinajstić information content (AvgIpc) is 3.36. The molecule has 31 heavy (non-hydrogen) atoms. The highest BCUT2D eigenvalue weighted by Gasteiger charge is 2.30. The molecule has 3 aromatic heterocycles. The van der Waals surface area contributed by atoms with Crippen molar-refractivity contribution in [2.24, 2.45) is 11.8 Å². The van der Waals surface area contributed by atoms with Crippen molar-refractivity contribution >= 4 is 49.9 Å². The molecule has 0 bridgehead atoms. The van der Waals surface area contributed by atoms with Gasteiger partial charge in [0.2, 0.25) is 5.91 Å². The quantitative estimate of drug-likeness (QED) is 0.482. The summed E-state index contributed by atoms with van der Waals surface area (Å²) in [4.78, 5) is 26.2. The lowest BCUT2D eigenvalue weighted by atomic mass is 9.87. The maximum atomic E-state index is 12.9. The van der Waals surface area contributed by atoms with Crippen LogP contribution in [0.25, 0.3) is 21.1 Å². The Morgan fingerprint density at radius 3 is 3.06 bits per heavy atom. The van der Waals surface area contributed by atoms with Crippen molar-refractivity contribution in [1.82, 2.24) is 25.1 Å². The molecule has 8 heteroatoms. The SMILES string of the molecule is CC(C)CN(C)C(=O)[C@H]1CCc2c(sc3ncnc(Nc4ccc5[nH]ncc5c4)c23)C1. The highest BCUT2D eigenvalue weighted by atomic mass is 32.1. The number of H-pyrrole nitrogens is 1. The number of fused-ring (bicyclic) bond motifs is 4. The number of nitrogens with one attached hydrogen (secondary N) is 2. The second-order valence-electron chi connectivity index (χ2n) is 8.76. The summed E-state index contributed by atoms with van der Waals surface area (Å²) < 4.78 is 0. The maximum absolute atomic E-state index is 12.9. The number of aromatic amines is 1. The highest BCUT2D eigenvalue weighted by Crippen LogP contribution is 2.40.